The van der Waals surface area contributed by atoms with Gasteiger partial charge in [0.1, 0.15) is 11.0 Å². The van der Waals surface area contributed by atoms with Crippen molar-refractivity contribution in [2.45, 2.75) is 29.7 Å². The van der Waals surface area contributed by atoms with Gasteiger partial charge in [-0.1, -0.05) is 60.7 Å². The molecule has 0 heterocycles. The van der Waals surface area contributed by atoms with Crippen LogP contribution in [0.4, 0.5) is 0 Å². The largest absolute Gasteiger partial charge is 0.302 e. The predicted octanol–water partition coefficient (Wildman–Crippen LogP) is 5.26. The Morgan fingerprint density at radius 3 is 1.72 bits per heavy atom. The zero-order chi connectivity index (χ0) is 20.5. The Balaban J connectivity index is 2.17. The fraction of sp³-hybridized carbons (Fsp3) is 0.130. The van der Waals surface area contributed by atoms with Gasteiger partial charge < -0.3 is 4.55 Å². The van der Waals surface area contributed by atoms with Crippen molar-refractivity contribution in [3.63, 3.8) is 0 Å². The number of benzene rings is 4. The minimum atomic E-state index is -2.19. The Bertz CT molecular complexity index is 1270. The van der Waals surface area contributed by atoms with Crippen molar-refractivity contribution in [1.82, 2.24) is 4.72 Å². The third-order valence-corrected chi connectivity index (χ3v) is 6.90. The first-order chi connectivity index (χ1) is 14.0. The number of fused-ring (bicyclic) bond motifs is 2. The van der Waals surface area contributed by atoms with Crippen LogP contribution < -0.4 is 4.72 Å². The van der Waals surface area contributed by atoms with Crippen LogP contribution in [-0.2, 0) is 22.1 Å². The third kappa shape index (κ3) is 3.76. The lowest BCUT2D eigenvalue weighted by molar-refractivity contribution is 0.565. The summed E-state index contributed by atoms with van der Waals surface area (Å²) < 4.78 is 38.5. The van der Waals surface area contributed by atoms with E-state index in [-0.39, 0.29) is 6.04 Å². The quantitative estimate of drug-likeness (QED) is 0.430. The van der Waals surface area contributed by atoms with Crippen molar-refractivity contribution in [2.24, 2.45) is 0 Å². The van der Waals surface area contributed by atoms with E-state index >= 15 is 0 Å². The van der Waals surface area contributed by atoms with Crippen molar-refractivity contribution in [3.05, 3.63) is 72.8 Å². The monoisotopic (exact) mass is 423 g/mol. The molecule has 2 N–H and O–H groups in total. The molecule has 0 aromatic heterocycles. The van der Waals surface area contributed by atoms with Crippen molar-refractivity contribution in [2.75, 3.05) is 0 Å². The van der Waals surface area contributed by atoms with E-state index < -0.39 is 22.1 Å². The maximum Gasteiger partial charge on any atom is 0.187 e. The number of hydrogen-bond donors (Lipinski definition) is 2. The van der Waals surface area contributed by atoms with Gasteiger partial charge in [0.05, 0.1) is 9.79 Å². The highest BCUT2D eigenvalue weighted by Gasteiger charge is 2.22. The summed E-state index contributed by atoms with van der Waals surface area (Å²) in [6.07, 6.45) is 0. The average molecular weight is 424 g/mol. The number of nitrogens with one attached hydrogen (secondary N) is 1. The molecule has 2 unspecified atom stereocenters. The van der Waals surface area contributed by atoms with Crippen LogP contribution in [0.2, 0.25) is 0 Å². The maximum absolute atomic E-state index is 13.2. The van der Waals surface area contributed by atoms with Crippen molar-refractivity contribution in [1.29, 1.82) is 0 Å². The van der Waals surface area contributed by atoms with E-state index in [1.165, 1.54) is 0 Å². The molecule has 0 aliphatic heterocycles. The third-order valence-electron chi connectivity index (χ3n) is 4.76. The molecule has 0 aliphatic rings. The normalized spacial score (nSPS) is 13.8. The zero-order valence-electron chi connectivity index (χ0n) is 16.1. The summed E-state index contributed by atoms with van der Waals surface area (Å²) in [5.41, 5.74) is 1.37. The molecule has 4 aromatic rings. The van der Waals surface area contributed by atoms with Crippen LogP contribution in [-0.4, -0.2) is 19.0 Å². The van der Waals surface area contributed by atoms with E-state index in [2.05, 4.69) is 4.72 Å². The summed E-state index contributed by atoms with van der Waals surface area (Å²) in [5, 5.41) is 3.69. The standard InChI is InChI=1S/C23H21NO3S2/c1-15(2)24-28(25)20-13-11-16-7-3-5-9-18(16)22(20)23-19-10-6-4-8-17(19)12-14-21(23)29(26)27/h3-15,24H,1-2H3,(H,26,27). The van der Waals surface area contributed by atoms with Crippen LogP contribution >= 0.6 is 0 Å². The van der Waals surface area contributed by atoms with E-state index in [0.29, 0.717) is 15.4 Å². The smallest absolute Gasteiger partial charge is 0.187 e. The van der Waals surface area contributed by atoms with Crippen LogP contribution in [0, 0.1) is 0 Å². The summed E-state index contributed by atoms with van der Waals surface area (Å²) in [7, 11) is -1.48. The summed E-state index contributed by atoms with van der Waals surface area (Å²) in [6, 6.07) is 22.9. The van der Waals surface area contributed by atoms with Crippen molar-refractivity contribution >= 4 is 43.6 Å². The molecular weight excluding hydrogens is 402 g/mol. The lowest BCUT2D eigenvalue weighted by atomic mass is 9.94. The van der Waals surface area contributed by atoms with E-state index in [0.717, 1.165) is 27.1 Å². The van der Waals surface area contributed by atoms with Gasteiger partial charge in [0, 0.05) is 17.2 Å². The molecule has 29 heavy (non-hydrogen) atoms. The molecule has 6 heteroatoms. The van der Waals surface area contributed by atoms with E-state index in [4.69, 9.17) is 0 Å². The van der Waals surface area contributed by atoms with Gasteiger partial charge in [-0.2, -0.15) is 0 Å². The minimum absolute atomic E-state index is 0.0223. The molecule has 4 nitrogen and oxygen atoms in total. The average Bonchev–Trinajstić information content (AvgIpc) is 2.71. The van der Waals surface area contributed by atoms with Crippen LogP contribution in [0.25, 0.3) is 32.7 Å². The van der Waals surface area contributed by atoms with Crippen molar-refractivity contribution in [3.8, 4) is 11.1 Å². The maximum atomic E-state index is 13.2. The van der Waals surface area contributed by atoms with Gasteiger partial charge in [-0.3, -0.25) is 0 Å². The Kier molecular flexibility index (Phi) is 5.61. The highest BCUT2D eigenvalue weighted by Crippen LogP contribution is 2.41. The second-order valence-electron chi connectivity index (χ2n) is 7.11. The SMILES string of the molecule is CC(C)NS(=O)c1ccc2ccccc2c1-c1c(S(=O)O)ccc2ccccc12. The highest BCUT2D eigenvalue weighted by atomic mass is 32.2. The van der Waals surface area contributed by atoms with Crippen LogP contribution in [0.3, 0.4) is 0 Å². The molecule has 2 atom stereocenters. The van der Waals surface area contributed by atoms with Gasteiger partial charge in [-0.25, -0.2) is 13.1 Å². The molecule has 0 aliphatic carbocycles. The molecule has 4 rings (SSSR count). The molecule has 0 saturated carbocycles. The Labute approximate surface area is 174 Å². The Morgan fingerprint density at radius 1 is 0.724 bits per heavy atom. The van der Waals surface area contributed by atoms with Gasteiger partial charge in [0.2, 0.25) is 0 Å². The first-order valence-corrected chi connectivity index (χ1v) is 11.6. The van der Waals surface area contributed by atoms with Gasteiger partial charge in [-0.15, -0.1) is 0 Å². The first-order valence-electron chi connectivity index (χ1n) is 9.30. The molecule has 0 spiro atoms. The number of hydrogen-bond acceptors (Lipinski definition) is 2. The minimum Gasteiger partial charge on any atom is -0.302 e. The van der Waals surface area contributed by atoms with Crippen LogP contribution in [0.5, 0.6) is 0 Å². The summed E-state index contributed by atoms with van der Waals surface area (Å²) in [6.45, 7) is 3.87. The highest BCUT2D eigenvalue weighted by molar-refractivity contribution is 7.83. The lowest BCUT2D eigenvalue weighted by Gasteiger charge is -2.18. The van der Waals surface area contributed by atoms with Crippen LogP contribution in [0.15, 0.2) is 82.6 Å². The zero-order valence-corrected chi connectivity index (χ0v) is 17.7. The summed E-state index contributed by atoms with van der Waals surface area (Å²) in [5.74, 6) is 0. The van der Waals surface area contributed by atoms with E-state index in [9.17, 15) is 13.0 Å². The lowest BCUT2D eigenvalue weighted by Crippen LogP contribution is -2.25. The summed E-state index contributed by atoms with van der Waals surface area (Å²) >= 11 is -2.19. The van der Waals surface area contributed by atoms with Gasteiger partial charge in [-0.05, 0) is 47.5 Å². The predicted molar refractivity (Wildman–Crippen MR) is 121 cm³/mol. The van der Waals surface area contributed by atoms with Crippen molar-refractivity contribution < 1.29 is 13.0 Å². The Hall–Kier alpha value is -2.38. The summed E-state index contributed by atoms with van der Waals surface area (Å²) in [4.78, 5) is 0.906. The molecule has 0 saturated heterocycles. The second kappa shape index (κ2) is 8.16. The van der Waals surface area contributed by atoms with Gasteiger partial charge in [0.25, 0.3) is 0 Å². The number of rotatable bonds is 5. The van der Waals surface area contributed by atoms with E-state index in [1.807, 2.05) is 80.6 Å². The molecule has 4 aromatic carbocycles. The fourth-order valence-corrected chi connectivity index (χ4v) is 5.31. The first kappa shape index (κ1) is 19.9. The van der Waals surface area contributed by atoms with Gasteiger partial charge in [0.15, 0.2) is 11.1 Å². The van der Waals surface area contributed by atoms with E-state index in [1.54, 1.807) is 6.07 Å². The molecular formula is C23H21NO3S2. The Morgan fingerprint density at radius 2 is 1.21 bits per heavy atom. The van der Waals surface area contributed by atoms with Gasteiger partial charge >= 0.3 is 0 Å². The molecule has 0 bridgehead atoms. The topological polar surface area (TPSA) is 66.4 Å². The molecule has 148 valence electrons. The molecule has 0 radical (unpaired) electrons. The molecule has 0 fully saturated rings. The second-order valence-corrected chi connectivity index (χ2v) is 9.26. The fourth-order valence-electron chi connectivity index (χ4n) is 3.60. The van der Waals surface area contributed by atoms with Crippen LogP contribution in [0.1, 0.15) is 13.8 Å². The molecule has 0 amide bonds.